The van der Waals surface area contributed by atoms with Gasteiger partial charge in [0.2, 0.25) is 40.1 Å². The first-order valence-electron chi connectivity index (χ1n) is 15.0. The zero-order valence-corrected chi connectivity index (χ0v) is 22.8. The van der Waals surface area contributed by atoms with Crippen molar-refractivity contribution in [3.8, 4) is 0 Å². The second-order valence-corrected chi connectivity index (χ2v) is 9.64. The first-order valence-corrected chi connectivity index (χ1v) is 13.0. The molecule has 0 heterocycles. The monoisotopic (exact) mass is 600 g/mol. The number of hydrogen-bond acceptors (Lipinski definition) is 10. The van der Waals surface area contributed by atoms with Crippen molar-refractivity contribution in [3.63, 3.8) is 0 Å². The van der Waals surface area contributed by atoms with Gasteiger partial charge in [-0.25, -0.2) is 0 Å². The van der Waals surface area contributed by atoms with E-state index < -0.39 is 105 Å². The highest BCUT2D eigenvalue weighted by Gasteiger charge is 2.77. The van der Waals surface area contributed by atoms with Crippen LogP contribution in [0.1, 0.15) is 46.9 Å². The summed E-state index contributed by atoms with van der Waals surface area (Å²) in [7, 11) is 0. The normalized spacial score (nSPS) is 17.2. The summed E-state index contributed by atoms with van der Waals surface area (Å²) in [6, 6.07) is 14.5. The van der Waals surface area contributed by atoms with Gasteiger partial charge in [0, 0.05) is 22.3 Å². The number of carbonyl (C=O) groups is 5. The Balaban J connectivity index is 2.23. The van der Waals surface area contributed by atoms with Crippen molar-refractivity contribution in [2.24, 2.45) is 0 Å². The Kier molecular flexibility index (Phi) is 7.70. The van der Waals surface area contributed by atoms with Crippen LogP contribution in [0.25, 0.3) is 0 Å². The Morgan fingerprint density at radius 2 is 0.977 bits per heavy atom. The molecule has 4 rings (SSSR count). The van der Waals surface area contributed by atoms with Crippen molar-refractivity contribution < 1.29 is 55.0 Å². The molecule has 44 heavy (non-hydrogen) atoms. The molecule has 0 bridgehead atoms. The number of aliphatic hydroxyl groups excluding tert-OH is 2. The standard InChI is InChI=1S/C34H28O10/c35-21-26(36)32(42,28(38)23-15-7-2-8-16-23)34(44,30(40)25-19-11-4-12-20-25)33(43,29(39)24-17-9-3-10-18-24)31(41)27(37)22-13-5-1-6-14-22/h1-20,26,35-36,42-44H,21H2/t26-,32+,33+,34+/m1/s1/i13D,15D,17D,19D. The van der Waals surface area contributed by atoms with Crippen LogP contribution in [0.4, 0.5) is 0 Å². The van der Waals surface area contributed by atoms with E-state index in [0.29, 0.717) is 0 Å². The first-order chi connectivity index (χ1) is 22.6. The molecule has 0 unspecified atom stereocenters. The van der Waals surface area contributed by atoms with Crippen molar-refractivity contribution in [1.82, 2.24) is 0 Å². The molecule has 4 aromatic carbocycles. The molecule has 0 fully saturated rings. The van der Waals surface area contributed by atoms with E-state index in [-0.39, 0.29) is 0 Å². The van der Waals surface area contributed by atoms with Crippen LogP contribution in [0.3, 0.4) is 0 Å². The lowest BCUT2D eigenvalue weighted by Crippen LogP contribution is -2.82. The number of Topliss-reactive ketones (excluding diaryl/α,β-unsaturated/α-hetero) is 5. The second kappa shape index (κ2) is 12.7. The Morgan fingerprint density at radius 3 is 1.39 bits per heavy atom. The smallest absolute Gasteiger partial charge is 0.246 e. The summed E-state index contributed by atoms with van der Waals surface area (Å²) >= 11 is 0. The summed E-state index contributed by atoms with van der Waals surface area (Å²) < 4.78 is 32.9. The van der Waals surface area contributed by atoms with E-state index in [9.17, 15) is 49.5 Å². The van der Waals surface area contributed by atoms with Crippen molar-refractivity contribution in [2.75, 3.05) is 6.61 Å². The molecular formula is C34H28O10. The van der Waals surface area contributed by atoms with E-state index >= 15 is 0 Å². The molecule has 0 aliphatic heterocycles. The SMILES string of the molecule is [2H]c1ccccc1C(=O)C(=O)[C@@](O)(C(=O)c1ccccc1[2H])[C@](O)(C(=O)c1ccccc1[2H])[C@@](O)(C(=O)c1ccccc1[2H])[C@H](O)CO. The van der Waals surface area contributed by atoms with Gasteiger partial charge in [0.25, 0.3) is 0 Å². The van der Waals surface area contributed by atoms with E-state index in [2.05, 4.69) is 0 Å². The Labute approximate surface area is 257 Å². The van der Waals surface area contributed by atoms with Crippen LogP contribution in [-0.4, -0.2) is 84.0 Å². The average Bonchev–Trinajstić information content (AvgIpc) is 3.09. The highest BCUT2D eigenvalue weighted by molar-refractivity contribution is 6.52. The lowest BCUT2D eigenvalue weighted by atomic mass is 9.58. The predicted molar refractivity (Wildman–Crippen MR) is 156 cm³/mol. The maximum atomic E-state index is 14.6. The molecule has 4 atom stereocenters. The molecule has 0 spiro atoms. The van der Waals surface area contributed by atoms with Crippen LogP contribution in [0.5, 0.6) is 0 Å². The van der Waals surface area contributed by atoms with Gasteiger partial charge < -0.3 is 25.5 Å². The van der Waals surface area contributed by atoms with Gasteiger partial charge in [-0.3, -0.25) is 24.0 Å². The minimum absolute atomic E-state index is 0.622. The lowest BCUT2D eigenvalue weighted by molar-refractivity contribution is -0.212. The van der Waals surface area contributed by atoms with Gasteiger partial charge >= 0.3 is 0 Å². The Hall–Kier alpha value is -4.97. The molecule has 0 amide bonds. The molecule has 0 aromatic heterocycles. The number of rotatable bonds is 13. The van der Waals surface area contributed by atoms with Crippen molar-refractivity contribution >= 4 is 28.9 Å². The molecular weight excluding hydrogens is 568 g/mol. The highest BCUT2D eigenvalue weighted by atomic mass is 16.4. The Morgan fingerprint density at radius 1 is 0.591 bits per heavy atom. The zero-order chi connectivity index (χ0) is 35.6. The van der Waals surface area contributed by atoms with Crippen LogP contribution >= 0.6 is 0 Å². The largest absolute Gasteiger partial charge is 0.394 e. The van der Waals surface area contributed by atoms with E-state index in [0.717, 1.165) is 60.7 Å². The first kappa shape index (κ1) is 26.6. The van der Waals surface area contributed by atoms with E-state index in [1.807, 2.05) is 0 Å². The molecule has 0 saturated heterocycles. The fraction of sp³-hybridized carbons (Fsp3) is 0.147. The Bertz CT molecular complexity index is 1950. The van der Waals surface area contributed by atoms with Gasteiger partial charge in [-0.2, -0.15) is 0 Å². The molecule has 0 saturated carbocycles. The summed E-state index contributed by atoms with van der Waals surface area (Å²) in [6.45, 7) is -1.68. The maximum Gasteiger partial charge on any atom is 0.246 e. The van der Waals surface area contributed by atoms with Crippen LogP contribution in [0.2, 0.25) is 0 Å². The van der Waals surface area contributed by atoms with Crippen molar-refractivity contribution in [1.29, 1.82) is 0 Å². The van der Waals surface area contributed by atoms with Crippen molar-refractivity contribution in [2.45, 2.75) is 22.9 Å². The van der Waals surface area contributed by atoms with Gasteiger partial charge in [0.05, 0.1) is 12.1 Å². The van der Waals surface area contributed by atoms with Crippen LogP contribution in [-0.2, 0) is 4.79 Å². The second-order valence-electron chi connectivity index (χ2n) is 9.64. The highest BCUT2D eigenvalue weighted by Crippen LogP contribution is 2.43. The molecule has 0 aliphatic carbocycles. The number of aliphatic hydroxyl groups is 5. The average molecular weight is 601 g/mol. The minimum Gasteiger partial charge on any atom is -0.394 e. The molecule has 0 radical (unpaired) electrons. The number of hydrogen-bond donors (Lipinski definition) is 5. The third-order valence-electron chi connectivity index (χ3n) is 7.08. The number of ketones is 5. The maximum absolute atomic E-state index is 14.6. The fourth-order valence-electron chi connectivity index (χ4n) is 4.75. The molecule has 224 valence electrons. The quantitative estimate of drug-likeness (QED) is 0.0858. The van der Waals surface area contributed by atoms with Gasteiger partial charge in [0.15, 0.2) is 5.60 Å². The van der Waals surface area contributed by atoms with Gasteiger partial charge in [0.1, 0.15) is 6.10 Å². The number of carbonyl (C=O) groups excluding carboxylic acids is 5. The molecule has 0 aliphatic rings. The van der Waals surface area contributed by atoms with Crippen LogP contribution < -0.4 is 0 Å². The molecule has 4 aromatic rings. The number of benzene rings is 4. The predicted octanol–water partition coefficient (Wildman–Crippen LogP) is 1.63. The lowest BCUT2D eigenvalue weighted by Gasteiger charge is -2.49. The van der Waals surface area contributed by atoms with E-state index in [1.165, 1.54) is 36.4 Å². The summed E-state index contributed by atoms with van der Waals surface area (Å²) in [5.41, 5.74) is -17.2. The summed E-state index contributed by atoms with van der Waals surface area (Å²) in [5, 5.41) is 58.7. The minimum atomic E-state index is -4.71. The molecule has 10 nitrogen and oxygen atoms in total. The van der Waals surface area contributed by atoms with E-state index in [1.54, 1.807) is 0 Å². The summed E-state index contributed by atoms with van der Waals surface area (Å²) in [4.78, 5) is 71.4. The van der Waals surface area contributed by atoms with Crippen LogP contribution in [0, 0.1) is 0 Å². The zero-order valence-electron chi connectivity index (χ0n) is 26.8. The molecule has 5 N–H and O–H groups in total. The van der Waals surface area contributed by atoms with Gasteiger partial charge in [-0.15, -0.1) is 0 Å². The molecule has 10 heteroatoms. The summed E-state index contributed by atoms with van der Waals surface area (Å²) in [6.07, 6.45) is -3.03. The van der Waals surface area contributed by atoms with Gasteiger partial charge in [-0.1, -0.05) is 121 Å². The fourth-order valence-corrected chi connectivity index (χ4v) is 4.75. The van der Waals surface area contributed by atoms with Crippen molar-refractivity contribution in [3.05, 3.63) is 143 Å². The van der Waals surface area contributed by atoms with Gasteiger partial charge in [-0.05, 0) is 0 Å². The topological polar surface area (TPSA) is 186 Å². The third kappa shape index (κ3) is 5.11. The third-order valence-corrected chi connectivity index (χ3v) is 7.08. The summed E-state index contributed by atoms with van der Waals surface area (Å²) in [5.74, 6) is -10.4. The van der Waals surface area contributed by atoms with Crippen LogP contribution in [0.15, 0.2) is 121 Å². The van der Waals surface area contributed by atoms with E-state index in [4.69, 9.17) is 5.48 Å².